The number of anilines is 1. The lowest BCUT2D eigenvalue weighted by Crippen LogP contribution is -2.36. The van der Waals surface area contributed by atoms with E-state index in [0.29, 0.717) is 29.9 Å². The van der Waals surface area contributed by atoms with Crippen molar-refractivity contribution in [2.24, 2.45) is 0 Å². The Kier molecular flexibility index (Phi) is 8.77. The fourth-order valence-corrected chi connectivity index (χ4v) is 3.37. The Hall–Kier alpha value is -4.40. The van der Waals surface area contributed by atoms with Gasteiger partial charge in [-0.3, -0.25) is 14.4 Å². The van der Waals surface area contributed by atoms with Gasteiger partial charge in [-0.2, -0.15) is 0 Å². The van der Waals surface area contributed by atoms with E-state index in [1.807, 2.05) is 13.8 Å². The summed E-state index contributed by atoms with van der Waals surface area (Å²) in [4.78, 5) is 51.9. The van der Waals surface area contributed by atoms with Crippen molar-refractivity contribution in [2.45, 2.75) is 19.9 Å². The van der Waals surface area contributed by atoms with E-state index in [4.69, 9.17) is 9.15 Å². The lowest BCUT2D eigenvalue weighted by atomic mass is 10.1. The number of hydrogen-bond acceptors (Lipinski definition) is 6. The minimum absolute atomic E-state index is 0.0376. The number of ether oxygens (including phenoxy) is 1. The number of carbonyl (C=O) groups excluding carboxylic acids is 4. The second-order valence-corrected chi connectivity index (χ2v) is 7.51. The number of carbonyl (C=O) groups is 4. The summed E-state index contributed by atoms with van der Waals surface area (Å²) < 4.78 is 10.3. The molecule has 0 aliphatic heterocycles. The predicted molar refractivity (Wildman–Crippen MR) is 129 cm³/mol. The molecular formula is C26H27N3O6. The first-order chi connectivity index (χ1) is 16.9. The molecule has 1 atom stereocenters. The lowest BCUT2D eigenvalue weighted by molar-refractivity contribution is -0.149. The van der Waals surface area contributed by atoms with Crippen LogP contribution in [0.5, 0.6) is 0 Å². The standard InChI is InChI=1S/C26H27N3O6/c1-3-29(4-2)25(32)19-12-8-13-20(16-19)27-22(30)17-35-26(33)23(18-10-6-5-7-11-18)28-24(31)21-14-9-15-34-21/h5-16,23H,3-4,17H2,1-2H3,(H,27,30)(H,28,31). The predicted octanol–water partition coefficient (Wildman–Crippen LogP) is 3.41. The molecule has 1 aromatic heterocycles. The highest BCUT2D eigenvalue weighted by atomic mass is 16.5. The maximum Gasteiger partial charge on any atom is 0.333 e. The number of rotatable bonds is 10. The van der Waals surface area contributed by atoms with Gasteiger partial charge >= 0.3 is 5.97 Å². The zero-order chi connectivity index (χ0) is 25.2. The third kappa shape index (κ3) is 6.80. The highest BCUT2D eigenvalue weighted by Crippen LogP contribution is 2.17. The molecule has 9 nitrogen and oxygen atoms in total. The molecule has 0 bridgehead atoms. The number of furan rings is 1. The van der Waals surface area contributed by atoms with Crippen LogP contribution in [0, 0.1) is 0 Å². The zero-order valence-corrected chi connectivity index (χ0v) is 19.5. The second-order valence-electron chi connectivity index (χ2n) is 7.51. The molecule has 0 spiro atoms. The fourth-order valence-electron chi connectivity index (χ4n) is 3.37. The third-order valence-corrected chi connectivity index (χ3v) is 5.18. The molecule has 1 heterocycles. The number of esters is 1. The van der Waals surface area contributed by atoms with Crippen molar-refractivity contribution in [1.82, 2.24) is 10.2 Å². The van der Waals surface area contributed by atoms with Crippen LogP contribution in [-0.2, 0) is 14.3 Å². The Morgan fingerprint density at radius 2 is 1.69 bits per heavy atom. The van der Waals surface area contributed by atoms with Gasteiger partial charge < -0.3 is 24.7 Å². The summed E-state index contributed by atoms with van der Waals surface area (Å²) in [5.74, 6) is -2.10. The normalized spacial score (nSPS) is 11.3. The first-order valence-corrected chi connectivity index (χ1v) is 11.2. The van der Waals surface area contributed by atoms with Crippen LogP contribution in [0.2, 0.25) is 0 Å². The molecule has 0 saturated heterocycles. The van der Waals surface area contributed by atoms with Gasteiger partial charge in [0.1, 0.15) is 0 Å². The van der Waals surface area contributed by atoms with E-state index in [2.05, 4.69) is 10.6 Å². The molecule has 0 fully saturated rings. The van der Waals surface area contributed by atoms with Gasteiger partial charge in [-0.1, -0.05) is 36.4 Å². The van der Waals surface area contributed by atoms with Crippen molar-refractivity contribution >= 4 is 29.4 Å². The van der Waals surface area contributed by atoms with Crippen LogP contribution in [0.3, 0.4) is 0 Å². The Labute approximate surface area is 203 Å². The number of nitrogens with one attached hydrogen (secondary N) is 2. The molecule has 182 valence electrons. The monoisotopic (exact) mass is 477 g/mol. The van der Waals surface area contributed by atoms with Crippen LogP contribution >= 0.6 is 0 Å². The molecule has 9 heteroatoms. The summed E-state index contributed by atoms with van der Waals surface area (Å²) in [6, 6.07) is 16.9. The van der Waals surface area contributed by atoms with Crippen molar-refractivity contribution in [3.8, 4) is 0 Å². The number of nitrogens with zero attached hydrogens (tertiary/aromatic N) is 1. The third-order valence-electron chi connectivity index (χ3n) is 5.18. The molecule has 3 amide bonds. The van der Waals surface area contributed by atoms with Crippen LogP contribution in [-0.4, -0.2) is 48.3 Å². The highest BCUT2D eigenvalue weighted by Gasteiger charge is 2.26. The van der Waals surface area contributed by atoms with E-state index < -0.39 is 30.4 Å². The molecule has 2 N–H and O–H groups in total. The van der Waals surface area contributed by atoms with Gasteiger partial charge in [-0.25, -0.2) is 4.79 Å². The van der Waals surface area contributed by atoms with Crippen molar-refractivity contribution < 1.29 is 28.3 Å². The largest absolute Gasteiger partial charge is 0.459 e. The summed E-state index contributed by atoms with van der Waals surface area (Å²) in [6.45, 7) is 4.34. The summed E-state index contributed by atoms with van der Waals surface area (Å²) in [7, 11) is 0. The maximum absolute atomic E-state index is 12.8. The zero-order valence-electron chi connectivity index (χ0n) is 19.5. The molecule has 0 aliphatic rings. The maximum atomic E-state index is 12.8. The molecule has 0 aliphatic carbocycles. The number of benzene rings is 2. The Morgan fingerprint density at radius 3 is 2.34 bits per heavy atom. The SMILES string of the molecule is CCN(CC)C(=O)c1cccc(NC(=O)COC(=O)C(NC(=O)c2ccco2)c2ccccc2)c1. The van der Waals surface area contributed by atoms with Crippen molar-refractivity contribution in [3.63, 3.8) is 0 Å². The molecule has 1 unspecified atom stereocenters. The first kappa shape index (κ1) is 25.2. The first-order valence-electron chi connectivity index (χ1n) is 11.2. The molecule has 35 heavy (non-hydrogen) atoms. The fraction of sp³-hybridized carbons (Fsp3) is 0.231. The summed E-state index contributed by atoms with van der Waals surface area (Å²) in [5.41, 5.74) is 1.32. The average molecular weight is 478 g/mol. The summed E-state index contributed by atoms with van der Waals surface area (Å²) >= 11 is 0. The highest BCUT2D eigenvalue weighted by molar-refractivity contribution is 5.98. The number of amides is 3. The second kappa shape index (κ2) is 12.2. The van der Waals surface area contributed by atoms with Crippen LogP contribution in [0.25, 0.3) is 0 Å². The topological polar surface area (TPSA) is 118 Å². The van der Waals surface area contributed by atoms with E-state index in [1.165, 1.54) is 12.3 Å². The molecule has 2 aromatic carbocycles. The Bertz CT molecular complexity index is 1160. The minimum atomic E-state index is -1.14. The van der Waals surface area contributed by atoms with Gasteiger partial charge in [-0.15, -0.1) is 0 Å². The van der Waals surface area contributed by atoms with Crippen molar-refractivity contribution in [2.75, 3.05) is 25.0 Å². The summed E-state index contributed by atoms with van der Waals surface area (Å²) in [5, 5.41) is 5.19. The van der Waals surface area contributed by atoms with Gasteiger partial charge in [0.15, 0.2) is 18.4 Å². The molecule has 0 radical (unpaired) electrons. The van der Waals surface area contributed by atoms with E-state index in [0.717, 1.165) is 0 Å². The summed E-state index contributed by atoms with van der Waals surface area (Å²) in [6.07, 6.45) is 1.35. The van der Waals surface area contributed by atoms with Gasteiger partial charge in [0.2, 0.25) is 0 Å². The van der Waals surface area contributed by atoms with Crippen LogP contribution in [0.1, 0.15) is 46.4 Å². The smallest absolute Gasteiger partial charge is 0.333 e. The van der Waals surface area contributed by atoms with Gasteiger partial charge in [0, 0.05) is 24.3 Å². The van der Waals surface area contributed by atoms with Crippen molar-refractivity contribution in [1.29, 1.82) is 0 Å². The van der Waals surface area contributed by atoms with Gasteiger partial charge in [0.25, 0.3) is 17.7 Å². The van der Waals surface area contributed by atoms with Gasteiger partial charge in [-0.05, 0) is 49.7 Å². The van der Waals surface area contributed by atoms with E-state index in [9.17, 15) is 19.2 Å². The lowest BCUT2D eigenvalue weighted by Gasteiger charge is -2.19. The molecular weight excluding hydrogens is 450 g/mol. The van der Waals surface area contributed by atoms with E-state index in [-0.39, 0.29) is 11.7 Å². The molecule has 3 aromatic rings. The van der Waals surface area contributed by atoms with Crippen LogP contribution < -0.4 is 10.6 Å². The molecule has 3 rings (SSSR count). The Morgan fingerprint density at radius 1 is 0.943 bits per heavy atom. The number of hydrogen-bond donors (Lipinski definition) is 2. The van der Waals surface area contributed by atoms with Crippen molar-refractivity contribution in [3.05, 3.63) is 89.9 Å². The average Bonchev–Trinajstić information content (AvgIpc) is 3.42. The quantitative estimate of drug-likeness (QED) is 0.432. The van der Waals surface area contributed by atoms with Crippen LogP contribution in [0.4, 0.5) is 5.69 Å². The van der Waals surface area contributed by atoms with Gasteiger partial charge in [0.05, 0.1) is 6.26 Å². The van der Waals surface area contributed by atoms with Crippen LogP contribution in [0.15, 0.2) is 77.4 Å². The minimum Gasteiger partial charge on any atom is -0.459 e. The Balaban J connectivity index is 1.63. The van der Waals surface area contributed by atoms with E-state index in [1.54, 1.807) is 65.6 Å². The van der Waals surface area contributed by atoms with E-state index >= 15 is 0 Å². The molecule has 0 saturated carbocycles.